The topological polar surface area (TPSA) is 84.1 Å². The highest BCUT2D eigenvalue weighted by atomic mass is 32.2. The van der Waals surface area contributed by atoms with Gasteiger partial charge in [0.2, 0.25) is 10.0 Å². The van der Waals surface area contributed by atoms with E-state index >= 15 is 0 Å². The highest BCUT2D eigenvalue weighted by Gasteiger charge is 2.18. The molecule has 9 heteroatoms. The maximum atomic E-state index is 12.5. The Balaban J connectivity index is 2.07. The molecule has 0 atom stereocenters. The van der Waals surface area contributed by atoms with Gasteiger partial charge in [-0.3, -0.25) is 4.72 Å². The number of anilines is 1. The number of nitrogens with zero attached hydrogens (tertiary/aromatic N) is 2. The highest BCUT2D eigenvalue weighted by molar-refractivity contribution is 7.92. The molecular formula is C19H17F2N3O3S. The normalized spacial score (nSPS) is 11.6. The molecule has 1 N–H and O–H groups in total. The van der Waals surface area contributed by atoms with Gasteiger partial charge in [-0.05, 0) is 36.8 Å². The number of aromatic nitrogens is 1. The first kappa shape index (κ1) is 19.6. The largest absolute Gasteiger partial charge is 0.435 e. The SMILES string of the molecule is CCS(=O)(=O)Nc1ccc(-c2c(C#N)c3ccc(OC(F)F)cc3n2C)cc1. The molecule has 0 fully saturated rings. The number of ether oxygens (including phenoxy) is 1. The lowest BCUT2D eigenvalue weighted by atomic mass is 10.1. The number of alkyl halides is 2. The van der Waals surface area contributed by atoms with Gasteiger partial charge in [-0.1, -0.05) is 12.1 Å². The Hall–Kier alpha value is -3.12. The lowest BCUT2D eigenvalue weighted by Gasteiger charge is -2.09. The number of halogens is 2. The summed E-state index contributed by atoms with van der Waals surface area (Å²) in [6, 6.07) is 13.2. The predicted molar refractivity (Wildman–Crippen MR) is 103 cm³/mol. The molecule has 0 saturated carbocycles. The van der Waals surface area contributed by atoms with Crippen LogP contribution in [-0.2, 0) is 17.1 Å². The van der Waals surface area contributed by atoms with Gasteiger partial charge in [0.25, 0.3) is 0 Å². The van der Waals surface area contributed by atoms with E-state index in [1.54, 1.807) is 41.9 Å². The zero-order chi connectivity index (χ0) is 20.5. The Morgan fingerprint density at radius 2 is 1.89 bits per heavy atom. The van der Waals surface area contributed by atoms with Crippen molar-refractivity contribution in [2.24, 2.45) is 7.05 Å². The number of fused-ring (bicyclic) bond motifs is 1. The van der Waals surface area contributed by atoms with Crippen LogP contribution in [0.15, 0.2) is 42.5 Å². The van der Waals surface area contributed by atoms with Crippen LogP contribution in [0.1, 0.15) is 12.5 Å². The average Bonchev–Trinajstić information content (AvgIpc) is 2.93. The first-order valence-electron chi connectivity index (χ1n) is 8.34. The van der Waals surface area contributed by atoms with Crippen LogP contribution in [-0.4, -0.2) is 25.3 Å². The van der Waals surface area contributed by atoms with E-state index in [4.69, 9.17) is 0 Å². The van der Waals surface area contributed by atoms with Gasteiger partial charge in [0.1, 0.15) is 11.8 Å². The summed E-state index contributed by atoms with van der Waals surface area (Å²) in [6.07, 6.45) is 0. The van der Waals surface area contributed by atoms with Gasteiger partial charge in [-0.15, -0.1) is 0 Å². The van der Waals surface area contributed by atoms with E-state index in [9.17, 15) is 22.5 Å². The predicted octanol–water partition coefficient (Wildman–Crippen LogP) is 4.08. The minimum Gasteiger partial charge on any atom is -0.435 e. The van der Waals surface area contributed by atoms with Crippen LogP contribution in [0, 0.1) is 11.3 Å². The molecule has 0 spiro atoms. The van der Waals surface area contributed by atoms with Crippen LogP contribution in [0.3, 0.4) is 0 Å². The zero-order valence-corrected chi connectivity index (χ0v) is 15.9. The molecule has 3 aromatic rings. The van der Waals surface area contributed by atoms with Gasteiger partial charge < -0.3 is 9.30 Å². The second kappa shape index (κ2) is 7.48. The van der Waals surface area contributed by atoms with Crippen molar-refractivity contribution in [2.45, 2.75) is 13.5 Å². The Bertz CT molecular complexity index is 1160. The van der Waals surface area contributed by atoms with E-state index in [1.165, 1.54) is 19.1 Å². The summed E-state index contributed by atoms with van der Waals surface area (Å²) in [7, 11) is -1.67. The van der Waals surface area contributed by atoms with Crippen molar-refractivity contribution in [1.29, 1.82) is 5.26 Å². The summed E-state index contributed by atoms with van der Waals surface area (Å²) in [4.78, 5) is 0. The molecule has 0 unspecified atom stereocenters. The fourth-order valence-corrected chi connectivity index (χ4v) is 3.63. The molecule has 6 nitrogen and oxygen atoms in total. The third-order valence-electron chi connectivity index (χ3n) is 4.32. The van der Waals surface area contributed by atoms with Crippen molar-refractivity contribution in [3.05, 3.63) is 48.0 Å². The third kappa shape index (κ3) is 3.77. The maximum Gasteiger partial charge on any atom is 0.387 e. The van der Waals surface area contributed by atoms with E-state index in [-0.39, 0.29) is 11.5 Å². The van der Waals surface area contributed by atoms with Gasteiger partial charge >= 0.3 is 6.61 Å². The molecule has 1 aromatic heterocycles. The maximum absolute atomic E-state index is 12.5. The van der Waals surface area contributed by atoms with Crippen LogP contribution in [0.4, 0.5) is 14.5 Å². The number of hydrogen-bond donors (Lipinski definition) is 1. The number of aryl methyl sites for hydroxylation is 1. The van der Waals surface area contributed by atoms with Crippen LogP contribution in [0.25, 0.3) is 22.2 Å². The lowest BCUT2D eigenvalue weighted by molar-refractivity contribution is -0.0497. The molecule has 28 heavy (non-hydrogen) atoms. The Labute approximate surface area is 161 Å². The average molecular weight is 405 g/mol. The van der Waals surface area contributed by atoms with E-state index in [2.05, 4.69) is 15.5 Å². The minimum atomic E-state index is -3.39. The molecule has 146 valence electrons. The first-order chi connectivity index (χ1) is 13.3. The zero-order valence-electron chi connectivity index (χ0n) is 15.1. The second-order valence-electron chi connectivity index (χ2n) is 6.03. The minimum absolute atomic E-state index is 0.00320. The van der Waals surface area contributed by atoms with E-state index in [1.807, 2.05) is 0 Å². The molecule has 0 saturated heterocycles. The Morgan fingerprint density at radius 3 is 2.46 bits per heavy atom. The summed E-state index contributed by atoms with van der Waals surface area (Å²) in [5.41, 5.74) is 2.65. The monoisotopic (exact) mass is 405 g/mol. The number of nitriles is 1. The molecule has 2 aromatic carbocycles. The summed E-state index contributed by atoms with van der Waals surface area (Å²) in [5, 5.41) is 10.2. The molecule has 0 aliphatic heterocycles. The molecule has 0 bridgehead atoms. The van der Waals surface area contributed by atoms with Gasteiger partial charge in [0.15, 0.2) is 0 Å². The Kier molecular flexibility index (Phi) is 5.25. The van der Waals surface area contributed by atoms with Crippen molar-refractivity contribution in [2.75, 3.05) is 10.5 Å². The molecule has 0 aliphatic carbocycles. The summed E-state index contributed by atoms with van der Waals surface area (Å²) < 4.78 is 57.0. The van der Waals surface area contributed by atoms with Gasteiger partial charge in [-0.2, -0.15) is 14.0 Å². The molecule has 0 radical (unpaired) electrons. The highest BCUT2D eigenvalue weighted by Crippen LogP contribution is 2.35. The molecule has 1 heterocycles. The third-order valence-corrected chi connectivity index (χ3v) is 5.63. The van der Waals surface area contributed by atoms with Gasteiger partial charge in [0, 0.05) is 24.2 Å². The molecular weight excluding hydrogens is 388 g/mol. The van der Waals surface area contributed by atoms with Crippen LogP contribution >= 0.6 is 0 Å². The number of rotatable bonds is 6. The quantitative estimate of drug-likeness (QED) is 0.670. The van der Waals surface area contributed by atoms with Crippen LogP contribution in [0.2, 0.25) is 0 Å². The van der Waals surface area contributed by atoms with Crippen molar-refractivity contribution >= 4 is 26.6 Å². The van der Waals surface area contributed by atoms with Crippen molar-refractivity contribution in [3.8, 4) is 23.1 Å². The summed E-state index contributed by atoms with van der Waals surface area (Å²) in [6.45, 7) is -1.40. The van der Waals surface area contributed by atoms with E-state index in [0.29, 0.717) is 33.4 Å². The number of benzene rings is 2. The standard InChI is InChI=1S/C19H17F2N3O3S/c1-3-28(25,26)23-13-6-4-12(5-7-13)18-16(11-22)15-9-8-14(27-19(20)21)10-17(15)24(18)2/h4-10,19,23H,3H2,1-2H3. The summed E-state index contributed by atoms with van der Waals surface area (Å²) >= 11 is 0. The number of nitrogens with one attached hydrogen (secondary N) is 1. The smallest absolute Gasteiger partial charge is 0.387 e. The number of hydrogen-bond acceptors (Lipinski definition) is 4. The van der Waals surface area contributed by atoms with Crippen LogP contribution in [0.5, 0.6) is 5.75 Å². The molecule has 0 aliphatic rings. The van der Waals surface area contributed by atoms with E-state index < -0.39 is 16.6 Å². The fourth-order valence-electron chi connectivity index (χ4n) is 2.99. The summed E-state index contributed by atoms with van der Waals surface area (Å²) in [5.74, 6) is -0.0389. The molecule has 0 amide bonds. The fraction of sp³-hybridized carbons (Fsp3) is 0.211. The van der Waals surface area contributed by atoms with Crippen LogP contribution < -0.4 is 9.46 Å². The van der Waals surface area contributed by atoms with Crippen molar-refractivity contribution < 1.29 is 21.9 Å². The number of sulfonamides is 1. The lowest BCUT2D eigenvalue weighted by Crippen LogP contribution is -2.14. The van der Waals surface area contributed by atoms with Crippen molar-refractivity contribution in [1.82, 2.24) is 4.57 Å². The van der Waals surface area contributed by atoms with E-state index in [0.717, 1.165) is 0 Å². The first-order valence-corrected chi connectivity index (χ1v) is 9.99. The van der Waals surface area contributed by atoms with Gasteiger partial charge in [-0.25, -0.2) is 8.42 Å². The van der Waals surface area contributed by atoms with Crippen molar-refractivity contribution in [3.63, 3.8) is 0 Å². The molecule has 3 rings (SSSR count). The second-order valence-corrected chi connectivity index (χ2v) is 8.05. The Morgan fingerprint density at radius 1 is 1.21 bits per heavy atom. The van der Waals surface area contributed by atoms with Gasteiger partial charge in [0.05, 0.1) is 22.5 Å².